The highest BCUT2D eigenvalue weighted by atomic mass is 32.2. The summed E-state index contributed by atoms with van der Waals surface area (Å²) >= 11 is 0. The van der Waals surface area contributed by atoms with Crippen LogP contribution in [0, 0.1) is 0 Å². The number of carbonyl (C=O) groups excluding carboxylic acids is 2. The van der Waals surface area contributed by atoms with Crippen molar-refractivity contribution in [2.45, 2.75) is 24.8 Å². The van der Waals surface area contributed by atoms with E-state index >= 15 is 0 Å². The average molecular weight is 305 g/mol. The van der Waals surface area contributed by atoms with E-state index in [4.69, 9.17) is 4.74 Å². The van der Waals surface area contributed by atoms with Crippen LogP contribution in [0.5, 0.6) is 0 Å². The lowest BCUT2D eigenvalue weighted by Gasteiger charge is -2.37. The number of hydrogen-bond donors (Lipinski definition) is 2. The van der Waals surface area contributed by atoms with E-state index in [1.807, 2.05) is 0 Å². The molecule has 0 aromatic rings. The first-order valence-electron chi connectivity index (χ1n) is 6.50. The fourth-order valence-corrected chi connectivity index (χ4v) is 4.15. The maximum atomic E-state index is 12.2. The number of urea groups is 1. The molecule has 0 radical (unpaired) electrons. The van der Waals surface area contributed by atoms with E-state index in [-0.39, 0.29) is 12.3 Å². The Kier molecular flexibility index (Phi) is 4.31. The molecule has 0 aromatic carbocycles. The number of nitrogens with one attached hydrogen (secondary N) is 2. The van der Waals surface area contributed by atoms with Gasteiger partial charge in [0, 0.05) is 26.8 Å². The average Bonchev–Trinajstić information content (AvgIpc) is 2.64. The number of ether oxygens (including phenoxy) is 1. The molecule has 2 N–H and O–H groups in total. The third kappa shape index (κ3) is 2.94. The number of methoxy groups -OCH3 is 1. The molecule has 8 nitrogen and oxygen atoms in total. The SMILES string of the molecule is COCCCS(=O)(=O)N1CCCC2(C1)NC(=O)NC2=O. The summed E-state index contributed by atoms with van der Waals surface area (Å²) < 4.78 is 30.6. The Hall–Kier alpha value is -1.19. The second-order valence-corrected chi connectivity index (χ2v) is 7.18. The minimum atomic E-state index is -3.44. The summed E-state index contributed by atoms with van der Waals surface area (Å²) in [6.45, 7) is 0.746. The number of nitrogens with zero attached hydrogens (tertiary/aromatic N) is 1. The lowest BCUT2D eigenvalue weighted by molar-refractivity contribution is -0.125. The largest absolute Gasteiger partial charge is 0.385 e. The van der Waals surface area contributed by atoms with Crippen molar-refractivity contribution < 1.29 is 22.7 Å². The van der Waals surface area contributed by atoms with Gasteiger partial charge in [-0.25, -0.2) is 13.2 Å². The van der Waals surface area contributed by atoms with Crippen LogP contribution in [0.25, 0.3) is 0 Å². The van der Waals surface area contributed by atoms with Gasteiger partial charge in [0.2, 0.25) is 10.0 Å². The Labute approximate surface area is 117 Å². The molecule has 1 atom stereocenters. The van der Waals surface area contributed by atoms with Crippen molar-refractivity contribution in [1.82, 2.24) is 14.9 Å². The van der Waals surface area contributed by atoms with Crippen LogP contribution >= 0.6 is 0 Å². The summed E-state index contributed by atoms with van der Waals surface area (Å²) in [5, 5.41) is 4.73. The Morgan fingerprint density at radius 3 is 2.75 bits per heavy atom. The number of amides is 3. The lowest BCUT2D eigenvalue weighted by Crippen LogP contribution is -2.59. The van der Waals surface area contributed by atoms with Gasteiger partial charge in [-0.2, -0.15) is 4.31 Å². The van der Waals surface area contributed by atoms with Crippen molar-refractivity contribution in [2.75, 3.05) is 32.6 Å². The van der Waals surface area contributed by atoms with E-state index in [1.165, 1.54) is 11.4 Å². The molecular formula is C11H19N3O5S. The van der Waals surface area contributed by atoms with Crippen LogP contribution in [0.2, 0.25) is 0 Å². The number of rotatable bonds is 5. The zero-order valence-electron chi connectivity index (χ0n) is 11.3. The van der Waals surface area contributed by atoms with E-state index in [9.17, 15) is 18.0 Å². The van der Waals surface area contributed by atoms with Crippen LogP contribution in [0.4, 0.5) is 4.79 Å². The van der Waals surface area contributed by atoms with Gasteiger partial charge < -0.3 is 10.1 Å². The molecule has 114 valence electrons. The van der Waals surface area contributed by atoms with Crippen molar-refractivity contribution in [2.24, 2.45) is 0 Å². The molecule has 0 saturated carbocycles. The van der Waals surface area contributed by atoms with Crippen LogP contribution in [-0.4, -0.2) is 62.8 Å². The van der Waals surface area contributed by atoms with Gasteiger partial charge >= 0.3 is 6.03 Å². The molecule has 0 aromatic heterocycles. The smallest absolute Gasteiger partial charge is 0.322 e. The monoisotopic (exact) mass is 305 g/mol. The predicted octanol–water partition coefficient (Wildman–Crippen LogP) is -0.973. The van der Waals surface area contributed by atoms with E-state index in [1.54, 1.807) is 0 Å². The molecule has 2 saturated heterocycles. The summed E-state index contributed by atoms with van der Waals surface area (Å²) in [6.07, 6.45) is 1.40. The topological polar surface area (TPSA) is 105 Å². The Bertz CT molecular complexity index is 506. The van der Waals surface area contributed by atoms with Crippen LogP contribution in [0.15, 0.2) is 0 Å². The summed E-state index contributed by atoms with van der Waals surface area (Å²) in [7, 11) is -1.92. The maximum absolute atomic E-state index is 12.2. The van der Waals surface area contributed by atoms with Gasteiger partial charge in [-0.3, -0.25) is 10.1 Å². The number of carbonyl (C=O) groups is 2. The molecule has 2 aliphatic heterocycles. The zero-order chi connectivity index (χ0) is 14.8. The predicted molar refractivity (Wildman–Crippen MR) is 70.5 cm³/mol. The Morgan fingerprint density at radius 1 is 1.40 bits per heavy atom. The molecule has 2 rings (SSSR count). The molecule has 20 heavy (non-hydrogen) atoms. The summed E-state index contributed by atoms with van der Waals surface area (Å²) in [4.78, 5) is 23.1. The van der Waals surface area contributed by atoms with E-state index in [0.29, 0.717) is 32.4 Å². The second kappa shape index (κ2) is 5.66. The van der Waals surface area contributed by atoms with Gasteiger partial charge in [0.25, 0.3) is 5.91 Å². The standard InChI is InChI=1S/C11H19N3O5S/c1-19-6-3-7-20(17,18)14-5-2-4-11(8-14)9(15)12-10(16)13-11/h2-8H2,1H3,(H2,12,13,15,16). The summed E-state index contributed by atoms with van der Waals surface area (Å²) in [5.74, 6) is -0.466. The first kappa shape index (κ1) is 15.2. The minimum Gasteiger partial charge on any atom is -0.385 e. The number of imide groups is 1. The second-order valence-electron chi connectivity index (χ2n) is 5.09. The highest BCUT2D eigenvalue weighted by Gasteiger charge is 2.50. The zero-order valence-corrected chi connectivity index (χ0v) is 12.2. The van der Waals surface area contributed by atoms with Crippen LogP contribution in [-0.2, 0) is 19.6 Å². The number of hydrogen-bond acceptors (Lipinski definition) is 5. The van der Waals surface area contributed by atoms with Crippen molar-refractivity contribution in [3.63, 3.8) is 0 Å². The molecule has 3 amide bonds. The molecule has 2 fully saturated rings. The normalized spacial score (nSPS) is 27.6. The first-order chi connectivity index (χ1) is 9.39. The molecule has 2 heterocycles. The molecule has 9 heteroatoms. The van der Waals surface area contributed by atoms with Gasteiger partial charge in [0.1, 0.15) is 5.54 Å². The quantitative estimate of drug-likeness (QED) is 0.502. The van der Waals surface area contributed by atoms with Crippen molar-refractivity contribution in [1.29, 1.82) is 0 Å². The van der Waals surface area contributed by atoms with Crippen LogP contribution in [0.3, 0.4) is 0 Å². The third-order valence-corrected chi connectivity index (χ3v) is 5.52. The molecule has 0 aliphatic carbocycles. The molecule has 1 spiro atoms. The Morgan fingerprint density at radius 2 is 2.15 bits per heavy atom. The molecule has 2 aliphatic rings. The van der Waals surface area contributed by atoms with E-state index in [2.05, 4.69) is 10.6 Å². The van der Waals surface area contributed by atoms with Gasteiger partial charge in [-0.15, -0.1) is 0 Å². The first-order valence-corrected chi connectivity index (χ1v) is 8.11. The molecule has 0 bridgehead atoms. The van der Waals surface area contributed by atoms with Gasteiger partial charge in [0.05, 0.1) is 5.75 Å². The van der Waals surface area contributed by atoms with Crippen LogP contribution in [0.1, 0.15) is 19.3 Å². The number of sulfonamides is 1. The highest BCUT2D eigenvalue weighted by molar-refractivity contribution is 7.89. The van der Waals surface area contributed by atoms with Crippen LogP contribution < -0.4 is 10.6 Å². The van der Waals surface area contributed by atoms with Gasteiger partial charge in [0.15, 0.2) is 0 Å². The summed E-state index contributed by atoms with van der Waals surface area (Å²) in [6, 6.07) is -0.561. The Balaban J connectivity index is 2.07. The molecular weight excluding hydrogens is 286 g/mol. The minimum absolute atomic E-state index is 0.000110. The fourth-order valence-electron chi connectivity index (χ4n) is 2.58. The van der Waals surface area contributed by atoms with Crippen molar-refractivity contribution in [3.05, 3.63) is 0 Å². The van der Waals surface area contributed by atoms with Crippen molar-refractivity contribution in [3.8, 4) is 0 Å². The highest BCUT2D eigenvalue weighted by Crippen LogP contribution is 2.26. The fraction of sp³-hybridized carbons (Fsp3) is 0.818. The van der Waals surface area contributed by atoms with Gasteiger partial charge in [-0.05, 0) is 19.3 Å². The van der Waals surface area contributed by atoms with Gasteiger partial charge in [-0.1, -0.05) is 0 Å². The van der Waals surface area contributed by atoms with E-state index in [0.717, 1.165) is 0 Å². The summed E-state index contributed by atoms with van der Waals surface area (Å²) in [5.41, 5.74) is -1.11. The van der Waals surface area contributed by atoms with E-state index < -0.39 is 27.5 Å². The third-order valence-electron chi connectivity index (χ3n) is 3.62. The molecule has 1 unspecified atom stereocenters. The lowest BCUT2D eigenvalue weighted by atomic mass is 9.90. The maximum Gasteiger partial charge on any atom is 0.322 e. The number of piperidine rings is 1. The van der Waals surface area contributed by atoms with Crippen molar-refractivity contribution >= 4 is 22.0 Å².